The van der Waals surface area contributed by atoms with Gasteiger partial charge < -0.3 is 14.4 Å². The summed E-state index contributed by atoms with van der Waals surface area (Å²) in [5.41, 5.74) is 2.21. The van der Waals surface area contributed by atoms with E-state index < -0.39 is 0 Å². The molecule has 0 bridgehead atoms. The summed E-state index contributed by atoms with van der Waals surface area (Å²) in [5, 5.41) is 14.0. The minimum atomic E-state index is -0.373. The predicted molar refractivity (Wildman–Crippen MR) is 74.9 cm³/mol. The van der Waals surface area contributed by atoms with Crippen molar-refractivity contribution >= 4 is 0 Å². The molecule has 0 aliphatic heterocycles. The number of aromatic nitrogens is 2. The number of fused-ring (bicyclic) bond motifs is 1. The van der Waals surface area contributed by atoms with E-state index in [1.54, 1.807) is 0 Å². The molecule has 4 rings (SSSR count). The Kier molecular flexibility index (Phi) is 3.15. The lowest BCUT2D eigenvalue weighted by Crippen LogP contribution is -2.09. The first-order valence-corrected chi connectivity index (χ1v) is 7.56. The van der Waals surface area contributed by atoms with E-state index in [0.717, 1.165) is 49.2 Å². The second-order valence-electron chi connectivity index (χ2n) is 5.88. The third-order valence-corrected chi connectivity index (χ3v) is 4.19. The summed E-state index contributed by atoms with van der Waals surface area (Å²) in [7, 11) is 0. The molecule has 1 aromatic heterocycles. The molecule has 1 atom stereocenters. The molecule has 2 aromatic rings. The van der Waals surface area contributed by atoms with Gasteiger partial charge in [-0.1, -0.05) is 11.2 Å². The van der Waals surface area contributed by atoms with Crippen LogP contribution in [-0.4, -0.2) is 15.2 Å². The Balaban J connectivity index is 1.45. The van der Waals surface area contributed by atoms with Gasteiger partial charge in [-0.3, -0.25) is 0 Å². The summed E-state index contributed by atoms with van der Waals surface area (Å²) in [6.45, 7) is 0.272. The van der Waals surface area contributed by atoms with E-state index in [1.807, 2.05) is 18.2 Å². The Morgan fingerprint density at radius 3 is 3.05 bits per heavy atom. The van der Waals surface area contributed by atoms with Crippen LogP contribution in [0.15, 0.2) is 22.7 Å². The zero-order valence-electron chi connectivity index (χ0n) is 11.8. The van der Waals surface area contributed by atoms with Crippen molar-refractivity contribution in [2.75, 3.05) is 0 Å². The maximum absolute atomic E-state index is 10.0. The summed E-state index contributed by atoms with van der Waals surface area (Å²) < 4.78 is 10.9. The Morgan fingerprint density at radius 2 is 2.19 bits per heavy atom. The number of aliphatic hydroxyl groups is 1. The van der Waals surface area contributed by atoms with Gasteiger partial charge in [0.1, 0.15) is 5.75 Å². The summed E-state index contributed by atoms with van der Waals surface area (Å²) in [5.74, 6) is 2.53. The molecule has 2 aliphatic carbocycles. The molecule has 0 radical (unpaired) electrons. The smallest absolute Gasteiger partial charge is 0.264 e. The lowest BCUT2D eigenvalue weighted by molar-refractivity contribution is 0.155. The molecule has 0 unspecified atom stereocenters. The van der Waals surface area contributed by atoms with Crippen LogP contribution in [0.1, 0.15) is 60.5 Å². The molecule has 1 heterocycles. The van der Waals surface area contributed by atoms with E-state index >= 15 is 0 Å². The highest BCUT2D eigenvalue weighted by Crippen LogP contribution is 2.38. The third-order valence-electron chi connectivity index (χ3n) is 4.19. The predicted octanol–water partition coefficient (Wildman–Crippen LogP) is 2.90. The van der Waals surface area contributed by atoms with Crippen LogP contribution < -0.4 is 4.74 Å². The third kappa shape index (κ3) is 2.65. The minimum absolute atomic E-state index is 0.272. The summed E-state index contributed by atoms with van der Waals surface area (Å²) in [4.78, 5) is 4.34. The molecule has 110 valence electrons. The first-order valence-electron chi connectivity index (χ1n) is 7.56. The second kappa shape index (κ2) is 5.15. The number of benzene rings is 1. The van der Waals surface area contributed by atoms with Gasteiger partial charge in [-0.05, 0) is 55.4 Å². The van der Waals surface area contributed by atoms with E-state index in [0.29, 0.717) is 11.8 Å². The van der Waals surface area contributed by atoms with Crippen LogP contribution in [0, 0.1) is 0 Å². The Hall–Kier alpha value is -1.88. The normalized spacial score (nSPS) is 21.1. The van der Waals surface area contributed by atoms with Gasteiger partial charge >= 0.3 is 0 Å². The molecule has 0 saturated heterocycles. The van der Waals surface area contributed by atoms with Crippen molar-refractivity contribution in [2.24, 2.45) is 0 Å². The topological polar surface area (TPSA) is 68.4 Å². The SMILES string of the molecule is O[C@H]1CCCc2ccc(OCc3nc(C4CC4)no3)cc21. The van der Waals surface area contributed by atoms with Crippen LogP contribution in [0.25, 0.3) is 0 Å². The Bertz CT molecular complexity index is 649. The Labute approximate surface area is 122 Å². The van der Waals surface area contributed by atoms with Gasteiger partial charge in [-0.25, -0.2) is 0 Å². The van der Waals surface area contributed by atoms with Crippen LogP contribution in [0.5, 0.6) is 5.75 Å². The number of hydrogen-bond acceptors (Lipinski definition) is 5. The van der Waals surface area contributed by atoms with E-state index in [9.17, 15) is 5.11 Å². The van der Waals surface area contributed by atoms with E-state index in [-0.39, 0.29) is 12.7 Å². The fraction of sp³-hybridized carbons (Fsp3) is 0.500. The van der Waals surface area contributed by atoms with Crippen molar-refractivity contribution < 1.29 is 14.4 Å². The van der Waals surface area contributed by atoms with E-state index in [4.69, 9.17) is 9.26 Å². The lowest BCUT2D eigenvalue weighted by Gasteiger charge is -2.21. The average Bonchev–Trinajstić information content (AvgIpc) is 3.25. The van der Waals surface area contributed by atoms with Crippen molar-refractivity contribution in [3.8, 4) is 5.75 Å². The monoisotopic (exact) mass is 286 g/mol. The summed E-state index contributed by atoms with van der Waals surface area (Å²) >= 11 is 0. The fourth-order valence-corrected chi connectivity index (χ4v) is 2.82. The molecule has 5 heteroatoms. The molecule has 1 fully saturated rings. The molecule has 5 nitrogen and oxygen atoms in total. The van der Waals surface area contributed by atoms with Gasteiger partial charge in [-0.2, -0.15) is 4.98 Å². The van der Waals surface area contributed by atoms with Gasteiger partial charge in [0.05, 0.1) is 6.10 Å². The Morgan fingerprint density at radius 1 is 1.29 bits per heavy atom. The number of aliphatic hydroxyl groups excluding tert-OH is 1. The number of nitrogens with zero attached hydrogens (tertiary/aromatic N) is 2. The van der Waals surface area contributed by atoms with Crippen molar-refractivity contribution in [1.29, 1.82) is 0 Å². The zero-order chi connectivity index (χ0) is 14.2. The van der Waals surface area contributed by atoms with Crippen LogP contribution in [0.4, 0.5) is 0 Å². The molecule has 1 saturated carbocycles. The quantitative estimate of drug-likeness (QED) is 0.936. The van der Waals surface area contributed by atoms with Crippen LogP contribution >= 0.6 is 0 Å². The van der Waals surface area contributed by atoms with E-state index in [2.05, 4.69) is 10.1 Å². The first-order chi connectivity index (χ1) is 10.3. The second-order valence-corrected chi connectivity index (χ2v) is 5.88. The van der Waals surface area contributed by atoms with Gasteiger partial charge in [0.15, 0.2) is 12.4 Å². The average molecular weight is 286 g/mol. The van der Waals surface area contributed by atoms with Crippen LogP contribution in [0.2, 0.25) is 0 Å². The number of hydrogen-bond donors (Lipinski definition) is 1. The molecule has 1 aromatic carbocycles. The molecule has 21 heavy (non-hydrogen) atoms. The molecule has 0 amide bonds. The van der Waals surface area contributed by atoms with Gasteiger partial charge in [-0.15, -0.1) is 0 Å². The fourth-order valence-electron chi connectivity index (χ4n) is 2.82. The molecule has 1 N–H and O–H groups in total. The van der Waals surface area contributed by atoms with E-state index in [1.165, 1.54) is 5.56 Å². The maximum Gasteiger partial charge on any atom is 0.264 e. The minimum Gasteiger partial charge on any atom is -0.484 e. The standard InChI is InChI=1S/C16H18N2O3/c19-14-3-1-2-10-6-7-12(8-13(10)14)20-9-15-17-16(18-21-15)11-4-5-11/h6-8,11,14,19H,1-5,9H2/t14-/m0/s1. The van der Waals surface area contributed by atoms with Gasteiger partial charge in [0.2, 0.25) is 0 Å². The number of aryl methyl sites for hydroxylation is 1. The van der Waals surface area contributed by atoms with Crippen molar-refractivity contribution in [3.63, 3.8) is 0 Å². The van der Waals surface area contributed by atoms with Crippen molar-refractivity contribution in [2.45, 2.75) is 50.7 Å². The van der Waals surface area contributed by atoms with Crippen molar-refractivity contribution in [1.82, 2.24) is 10.1 Å². The summed E-state index contributed by atoms with van der Waals surface area (Å²) in [6, 6.07) is 5.91. The number of rotatable bonds is 4. The number of ether oxygens (including phenoxy) is 1. The molecular weight excluding hydrogens is 268 g/mol. The van der Waals surface area contributed by atoms with Crippen molar-refractivity contribution in [3.05, 3.63) is 41.0 Å². The highest BCUT2D eigenvalue weighted by Gasteiger charge is 2.28. The summed E-state index contributed by atoms with van der Waals surface area (Å²) in [6.07, 6.45) is 4.83. The highest BCUT2D eigenvalue weighted by molar-refractivity contribution is 5.38. The van der Waals surface area contributed by atoms with Gasteiger partial charge in [0.25, 0.3) is 5.89 Å². The molecule has 2 aliphatic rings. The lowest BCUT2D eigenvalue weighted by atomic mass is 9.89. The highest BCUT2D eigenvalue weighted by atomic mass is 16.5. The van der Waals surface area contributed by atoms with Crippen LogP contribution in [-0.2, 0) is 13.0 Å². The first kappa shape index (κ1) is 12.8. The largest absolute Gasteiger partial charge is 0.484 e. The molecular formula is C16H18N2O3. The van der Waals surface area contributed by atoms with Crippen LogP contribution in [0.3, 0.4) is 0 Å². The van der Waals surface area contributed by atoms with Gasteiger partial charge in [0, 0.05) is 5.92 Å². The molecule has 0 spiro atoms. The maximum atomic E-state index is 10.0. The zero-order valence-corrected chi connectivity index (χ0v) is 11.8.